The molecule has 1 aromatic carbocycles. The second-order valence-electron chi connectivity index (χ2n) is 5.93. The van der Waals surface area contributed by atoms with E-state index < -0.39 is 6.04 Å². The van der Waals surface area contributed by atoms with Crippen LogP contribution >= 0.6 is 0 Å². The van der Waals surface area contributed by atoms with Gasteiger partial charge in [-0.1, -0.05) is 24.3 Å². The van der Waals surface area contributed by atoms with Gasteiger partial charge in [0.15, 0.2) is 0 Å². The van der Waals surface area contributed by atoms with Crippen LogP contribution in [0.25, 0.3) is 0 Å². The van der Waals surface area contributed by atoms with Crippen LogP contribution in [0.15, 0.2) is 42.7 Å². The van der Waals surface area contributed by atoms with Gasteiger partial charge in [-0.15, -0.1) is 0 Å². The number of nitrogens with zero attached hydrogens (tertiary/aromatic N) is 3. The van der Waals surface area contributed by atoms with E-state index in [0.717, 1.165) is 11.1 Å². The Hall–Kier alpha value is -2.96. The highest BCUT2D eigenvalue weighted by Gasteiger charge is 2.32. The molecular weight excluding hydrogens is 318 g/mol. The van der Waals surface area contributed by atoms with E-state index in [1.54, 1.807) is 23.4 Å². The van der Waals surface area contributed by atoms with Crippen molar-refractivity contribution in [2.24, 2.45) is 0 Å². The summed E-state index contributed by atoms with van der Waals surface area (Å²) in [6.45, 7) is 2.92. The molecule has 0 saturated carbocycles. The van der Waals surface area contributed by atoms with E-state index in [9.17, 15) is 9.59 Å². The second-order valence-corrected chi connectivity index (χ2v) is 5.93. The number of aromatic nitrogens is 2. The summed E-state index contributed by atoms with van der Waals surface area (Å²) in [6, 6.07) is 9.20. The lowest BCUT2D eigenvalue weighted by Gasteiger charge is -2.35. The van der Waals surface area contributed by atoms with Gasteiger partial charge in [-0.3, -0.25) is 9.59 Å². The van der Waals surface area contributed by atoms with Crippen molar-refractivity contribution < 1.29 is 9.59 Å². The number of fused-ring (bicyclic) bond motifs is 1. The third-order valence-electron chi connectivity index (χ3n) is 4.23. The molecule has 1 aliphatic heterocycles. The van der Waals surface area contributed by atoms with Gasteiger partial charge in [0, 0.05) is 45.4 Å². The van der Waals surface area contributed by atoms with Crippen LogP contribution in [0.3, 0.4) is 0 Å². The van der Waals surface area contributed by atoms with Gasteiger partial charge in [0.05, 0.1) is 0 Å². The molecule has 130 valence electrons. The number of amides is 2. The molecule has 7 nitrogen and oxygen atoms in total. The standard InChI is InChI=1S/C18H21N5O2/c1-13(24)23-12-15-6-3-2-5-14(15)11-16(23)17(25)19-9-10-22-18-20-7-4-8-21-18/h2-8,16H,9-12H2,1H3,(H,19,25)(H,20,21,22)/t16-/m0/s1. The summed E-state index contributed by atoms with van der Waals surface area (Å²) in [5.74, 6) is 0.291. The normalized spacial score (nSPS) is 16.0. The quantitative estimate of drug-likeness (QED) is 0.793. The molecule has 0 bridgehead atoms. The Labute approximate surface area is 146 Å². The van der Waals surface area contributed by atoms with Crippen LogP contribution in [0.1, 0.15) is 18.1 Å². The average Bonchev–Trinajstić information content (AvgIpc) is 2.64. The summed E-state index contributed by atoms with van der Waals surface area (Å²) in [7, 11) is 0. The molecule has 2 N–H and O–H groups in total. The van der Waals surface area contributed by atoms with E-state index in [1.807, 2.05) is 24.3 Å². The smallest absolute Gasteiger partial charge is 0.243 e. The van der Waals surface area contributed by atoms with Gasteiger partial charge in [-0.25, -0.2) is 9.97 Å². The number of rotatable bonds is 5. The van der Waals surface area contributed by atoms with Crippen molar-refractivity contribution in [3.63, 3.8) is 0 Å². The Morgan fingerprint density at radius 1 is 1.12 bits per heavy atom. The van der Waals surface area contributed by atoms with E-state index >= 15 is 0 Å². The van der Waals surface area contributed by atoms with Crippen LogP contribution in [0.5, 0.6) is 0 Å². The monoisotopic (exact) mass is 339 g/mol. The minimum atomic E-state index is -0.472. The Morgan fingerprint density at radius 2 is 1.84 bits per heavy atom. The molecule has 2 aromatic rings. The largest absolute Gasteiger partial charge is 0.353 e. The zero-order valence-corrected chi connectivity index (χ0v) is 14.1. The summed E-state index contributed by atoms with van der Waals surface area (Å²) >= 11 is 0. The summed E-state index contributed by atoms with van der Waals surface area (Å²) < 4.78 is 0. The van der Waals surface area contributed by atoms with Crippen molar-refractivity contribution in [1.29, 1.82) is 0 Å². The lowest BCUT2D eigenvalue weighted by Crippen LogP contribution is -2.52. The first-order chi connectivity index (χ1) is 12.1. The van der Waals surface area contributed by atoms with Gasteiger partial charge in [0.25, 0.3) is 0 Å². The number of nitrogens with one attached hydrogen (secondary N) is 2. The lowest BCUT2D eigenvalue weighted by atomic mass is 9.93. The van der Waals surface area contributed by atoms with Crippen LogP contribution in [0.4, 0.5) is 5.95 Å². The molecule has 25 heavy (non-hydrogen) atoms. The van der Waals surface area contributed by atoms with E-state index in [0.29, 0.717) is 32.0 Å². The highest BCUT2D eigenvalue weighted by molar-refractivity contribution is 5.87. The number of hydrogen-bond donors (Lipinski definition) is 2. The Bertz CT molecular complexity index is 750. The molecule has 0 saturated heterocycles. The van der Waals surface area contributed by atoms with Crippen LogP contribution in [-0.2, 0) is 22.6 Å². The predicted octanol–water partition coefficient (Wildman–Crippen LogP) is 0.978. The first-order valence-electron chi connectivity index (χ1n) is 8.28. The minimum absolute atomic E-state index is 0.0922. The maximum Gasteiger partial charge on any atom is 0.243 e. The first kappa shape index (κ1) is 16.9. The molecule has 3 rings (SSSR count). The molecule has 1 atom stereocenters. The van der Waals surface area contributed by atoms with Crippen molar-refractivity contribution in [2.45, 2.75) is 25.9 Å². The van der Waals surface area contributed by atoms with Crippen LogP contribution in [0.2, 0.25) is 0 Å². The van der Waals surface area contributed by atoms with Crippen molar-refractivity contribution in [3.05, 3.63) is 53.9 Å². The number of anilines is 1. The minimum Gasteiger partial charge on any atom is -0.353 e. The zero-order valence-electron chi connectivity index (χ0n) is 14.1. The van der Waals surface area contributed by atoms with Gasteiger partial charge < -0.3 is 15.5 Å². The van der Waals surface area contributed by atoms with E-state index in [-0.39, 0.29) is 11.8 Å². The number of carbonyl (C=O) groups excluding carboxylic acids is 2. The van der Waals surface area contributed by atoms with Crippen LogP contribution in [-0.4, -0.2) is 45.8 Å². The fourth-order valence-electron chi connectivity index (χ4n) is 2.96. The topological polar surface area (TPSA) is 87.2 Å². The SMILES string of the molecule is CC(=O)N1Cc2ccccc2C[C@H]1C(=O)NCCNc1ncccn1. The highest BCUT2D eigenvalue weighted by atomic mass is 16.2. The van der Waals surface area contributed by atoms with Crippen molar-refractivity contribution in [3.8, 4) is 0 Å². The van der Waals surface area contributed by atoms with E-state index in [2.05, 4.69) is 20.6 Å². The molecule has 2 amide bonds. The average molecular weight is 339 g/mol. The summed E-state index contributed by atoms with van der Waals surface area (Å²) in [6.07, 6.45) is 3.84. The molecule has 2 heterocycles. The van der Waals surface area contributed by atoms with E-state index in [1.165, 1.54) is 6.92 Å². The Balaban J connectivity index is 1.57. The predicted molar refractivity (Wildman–Crippen MR) is 93.7 cm³/mol. The molecule has 7 heteroatoms. The van der Waals surface area contributed by atoms with Crippen molar-refractivity contribution in [2.75, 3.05) is 18.4 Å². The molecule has 1 aromatic heterocycles. The number of carbonyl (C=O) groups is 2. The summed E-state index contributed by atoms with van der Waals surface area (Å²) in [5.41, 5.74) is 2.22. The Kier molecular flexibility index (Phi) is 5.23. The third-order valence-corrected chi connectivity index (χ3v) is 4.23. The fourth-order valence-corrected chi connectivity index (χ4v) is 2.96. The van der Waals surface area contributed by atoms with Crippen LogP contribution in [0, 0.1) is 0 Å². The number of benzene rings is 1. The van der Waals surface area contributed by atoms with Gasteiger partial charge in [-0.05, 0) is 17.2 Å². The van der Waals surface area contributed by atoms with Gasteiger partial charge >= 0.3 is 0 Å². The van der Waals surface area contributed by atoms with Gasteiger partial charge in [0.2, 0.25) is 17.8 Å². The maximum atomic E-state index is 12.6. The highest BCUT2D eigenvalue weighted by Crippen LogP contribution is 2.23. The molecule has 0 radical (unpaired) electrons. The maximum absolute atomic E-state index is 12.6. The van der Waals surface area contributed by atoms with Gasteiger partial charge in [-0.2, -0.15) is 0 Å². The van der Waals surface area contributed by atoms with E-state index in [4.69, 9.17) is 0 Å². The zero-order chi connectivity index (χ0) is 17.6. The molecule has 0 aliphatic carbocycles. The number of hydrogen-bond acceptors (Lipinski definition) is 5. The van der Waals surface area contributed by atoms with Crippen molar-refractivity contribution in [1.82, 2.24) is 20.2 Å². The van der Waals surface area contributed by atoms with Crippen LogP contribution < -0.4 is 10.6 Å². The molecule has 0 fully saturated rings. The third kappa shape index (κ3) is 4.12. The Morgan fingerprint density at radius 3 is 2.56 bits per heavy atom. The molecule has 0 spiro atoms. The lowest BCUT2D eigenvalue weighted by molar-refractivity contribution is -0.140. The summed E-state index contributed by atoms with van der Waals surface area (Å²) in [5, 5.41) is 5.92. The second kappa shape index (κ2) is 7.74. The summed E-state index contributed by atoms with van der Waals surface area (Å²) in [4.78, 5) is 34.3. The molecule has 1 aliphatic rings. The first-order valence-corrected chi connectivity index (χ1v) is 8.28. The molecular formula is C18H21N5O2. The van der Waals surface area contributed by atoms with Gasteiger partial charge in [0.1, 0.15) is 6.04 Å². The van der Waals surface area contributed by atoms with Crippen molar-refractivity contribution >= 4 is 17.8 Å². The molecule has 0 unspecified atom stereocenters. The fraction of sp³-hybridized carbons (Fsp3) is 0.333.